The van der Waals surface area contributed by atoms with E-state index in [1.54, 1.807) is 7.11 Å². The molecule has 0 atom stereocenters. The van der Waals surface area contributed by atoms with Crippen molar-refractivity contribution in [3.63, 3.8) is 0 Å². The van der Waals surface area contributed by atoms with Crippen molar-refractivity contribution in [1.82, 2.24) is 0 Å². The Kier molecular flexibility index (Phi) is 3.35. The Hall–Kier alpha value is -1.28. The first kappa shape index (κ1) is 8.81. The van der Waals surface area contributed by atoms with Crippen molar-refractivity contribution >= 4 is 6.08 Å². The average Bonchev–Trinajstić information content (AvgIpc) is 2.15. The van der Waals surface area contributed by atoms with Crippen LogP contribution in [0.1, 0.15) is 5.56 Å². The maximum atomic E-state index is 5.32. The molecule has 0 aromatic heterocycles. The molecule has 0 heterocycles. The Labute approximate surface area is 72.7 Å². The van der Waals surface area contributed by atoms with Gasteiger partial charge in [0.05, 0.1) is 7.11 Å². The van der Waals surface area contributed by atoms with Crippen LogP contribution in [-0.4, -0.2) is 13.7 Å². The summed E-state index contributed by atoms with van der Waals surface area (Å²) in [6, 6.07) is 7.84. The van der Waals surface area contributed by atoms with Crippen LogP contribution in [0.3, 0.4) is 0 Å². The van der Waals surface area contributed by atoms with Gasteiger partial charge in [0.1, 0.15) is 5.75 Å². The molecule has 12 heavy (non-hydrogen) atoms. The standard InChI is InChI=1S/C10H13NO/c1-12-10-6-4-9(5-7-10)3-2-8-11/h2-7H,8,11H2,1H3. The lowest BCUT2D eigenvalue weighted by Gasteiger charge is -1.98. The van der Waals surface area contributed by atoms with Crippen LogP contribution in [0.25, 0.3) is 6.08 Å². The molecule has 0 radical (unpaired) electrons. The summed E-state index contributed by atoms with van der Waals surface area (Å²) in [4.78, 5) is 0. The molecule has 1 aromatic rings. The first-order valence-electron chi connectivity index (χ1n) is 3.87. The van der Waals surface area contributed by atoms with Crippen LogP contribution >= 0.6 is 0 Å². The van der Waals surface area contributed by atoms with Gasteiger partial charge in [-0.15, -0.1) is 0 Å². The van der Waals surface area contributed by atoms with Crippen molar-refractivity contribution in [3.05, 3.63) is 35.9 Å². The molecule has 2 heteroatoms. The molecule has 1 rings (SSSR count). The molecule has 0 spiro atoms. The van der Waals surface area contributed by atoms with Gasteiger partial charge in [-0.25, -0.2) is 0 Å². The van der Waals surface area contributed by atoms with Gasteiger partial charge in [0.15, 0.2) is 0 Å². The van der Waals surface area contributed by atoms with Crippen LogP contribution < -0.4 is 10.5 Å². The van der Waals surface area contributed by atoms with E-state index in [4.69, 9.17) is 10.5 Å². The third-order valence-corrected chi connectivity index (χ3v) is 1.56. The molecular weight excluding hydrogens is 150 g/mol. The molecule has 1 aromatic carbocycles. The number of benzene rings is 1. The lowest BCUT2D eigenvalue weighted by molar-refractivity contribution is 0.415. The minimum Gasteiger partial charge on any atom is -0.497 e. The van der Waals surface area contributed by atoms with Gasteiger partial charge in [-0.1, -0.05) is 24.3 Å². The van der Waals surface area contributed by atoms with Crippen molar-refractivity contribution in [1.29, 1.82) is 0 Å². The maximum Gasteiger partial charge on any atom is 0.118 e. The van der Waals surface area contributed by atoms with E-state index in [1.807, 2.05) is 36.4 Å². The van der Waals surface area contributed by atoms with Gasteiger partial charge in [-0.2, -0.15) is 0 Å². The van der Waals surface area contributed by atoms with Crippen LogP contribution in [0.15, 0.2) is 30.3 Å². The Balaban J connectivity index is 2.71. The molecule has 0 aliphatic carbocycles. The van der Waals surface area contributed by atoms with E-state index in [1.165, 1.54) is 0 Å². The summed E-state index contributed by atoms with van der Waals surface area (Å²) in [5, 5.41) is 0. The summed E-state index contributed by atoms with van der Waals surface area (Å²) in [7, 11) is 1.66. The van der Waals surface area contributed by atoms with Crippen LogP contribution in [0, 0.1) is 0 Å². The molecule has 2 N–H and O–H groups in total. The SMILES string of the molecule is COc1ccc(C=CCN)cc1. The summed E-state index contributed by atoms with van der Waals surface area (Å²) in [5.41, 5.74) is 6.46. The third-order valence-electron chi connectivity index (χ3n) is 1.56. The van der Waals surface area contributed by atoms with Crippen molar-refractivity contribution in [2.45, 2.75) is 0 Å². The van der Waals surface area contributed by atoms with Gasteiger partial charge in [0, 0.05) is 6.54 Å². The zero-order valence-electron chi connectivity index (χ0n) is 7.16. The zero-order chi connectivity index (χ0) is 8.81. The van der Waals surface area contributed by atoms with Gasteiger partial charge in [0.25, 0.3) is 0 Å². The predicted molar refractivity (Wildman–Crippen MR) is 51.1 cm³/mol. The van der Waals surface area contributed by atoms with E-state index in [-0.39, 0.29) is 0 Å². The molecule has 0 amide bonds. The average molecular weight is 163 g/mol. The second-order valence-electron chi connectivity index (χ2n) is 2.41. The Morgan fingerprint density at radius 2 is 2.00 bits per heavy atom. The van der Waals surface area contributed by atoms with E-state index in [9.17, 15) is 0 Å². The minimum absolute atomic E-state index is 0.575. The predicted octanol–water partition coefficient (Wildman–Crippen LogP) is 1.67. The molecule has 0 bridgehead atoms. The second-order valence-corrected chi connectivity index (χ2v) is 2.41. The Morgan fingerprint density at radius 1 is 1.33 bits per heavy atom. The molecule has 0 aliphatic heterocycles. The lowest BCUT2D eigenvalue weighted by atomic mass is 10.2. The first-order valence-corrected chi connectivity index (χ1v) is 3.87. The smallest absolute Gasteiger partial charge is 0.118 e. The zero-order valence-corrected chi connectivity index (χ0v) is 7.16. The van der Waals surface area contributed by atoms with Crippen LogP contribution in [0.2, 0.25) is 0 Å². The summed E-state index contributed by atoms with van der Waals surface area (Å²) >= 11 is 0. The fourth-order valence-corrected chi connectivity index (χ4v) is 0.919. The second kappa shape index (κ2) is 4.57. The third kappa shape index (κ3) is 2.40. The molecule has 64 valence electrons. The quantitative estimate of drug-likeness (QED) is 0.735. The molecule has 0 fully saturated rings. The lowest BCUT2D eigenvalue weighted by Crippen LogP contribution is -1.91. The molecule has 2 nitrogen and oxygen atoms in total. The van der Waals surface area contributed by atoms with Crippen molar-refractivity contribution in [3.8, 4) is 5.75 Å². The Morgan fingerprint density at radius 3 is 2.50 bits per heavy atom. The van der Waals surface area contributed by atoms with Gasteiger partial charge >= 0.3 is 0 Å². The highest BCUT2D eigenvalue weighted by Crippen LogP contribution is 2.11. The summed E-state index contributed by atoms with van der Waals surface area (Å²) in [5.74, 6) is 0.875. The number of methoxy groups -OCH3 is 1. The highest BCUT2D eigenvalue weighted by molar-refractivity contribution is 5.50. The van der Waals surface area contributed by atoms with E-state index in [0.717, 1.165) is 11.3 Å². The summed E-state index contributed by atoms with van der Waals surface area (Å²) in [6.45, 7) is 0.575. The summed E-state index contributed by atoms with van der Waals surface area (Å²) < 4.78 is 5.02. The number of nitrogens with two attached hydrogens (primary N) is 1. The van der Waals surface area contributed by atoms with Crippen molar-refractivity contribution in [2.75, 3.05) is 13.7 Å². The first-order chi connectivity index (χ1) is 5.86. The van der Waals surface area contributed by atoms with Crippen LogP contribution in [0.4, 0.5) is 0 Å². The summed E-state index contributed by atoms with van der Waals surface area (Å²) in [6.07, 6.45) is 3.90. The normalized spacial score (nSPS) is 10.5. The maximum absolute atomic E-state index is 5.32. The number of hydrogen-bond donors (Lipinski definition) is 1. The fraction of sp³-hybridized carbons (Fsp3) is 0.200. The monoisotopic (exact) mass is 163 g/mol. The van der Waals surface area contributed by atoms with E-state index >= 15 is 0 Å². The number of hydrogen-bond acceptors (Lipinski definition) is 2. The van der Waals surface area contributed by atoms with Crippen molar-refractivity contribution in [2.24, 2.45) is 5.73 Å². The molecule has 0 saturated carbocycles. The van der Waals surface area contributed by atoms with Crippen LogP contribution in [0.5, 0.6) is 5.75 Å². The van der Waals surface area contributed by atoms with Crippen LogP contribution in [-0.2, 0) is 0 Å². The number of ether oxygens (including phenoxy) is 1. The highest BCUT2D eigenvalue weighted by Gasteiger charge is 1.88. The molecular formula is C10H13NO. The largest absolute Gasteiger partial charge is 0.497 e. The van der Waals surface area contributed by atoms with Gasteiger partial charge in [-0.3, -0.25) is 0 Å². The Bertz CT molecular complexity index is 251. The fourth-order valence-electron chi connectivity index (χ4n) is 0.919. The highest BCUT2D eigenvalue weighted by atomic mass is 16.5. The van der Waals surface area contributed by atoms with E-state index in [2.05, 4.69) is 0 Å². The van der Waals surface area contributed by atoms with Gasteiger partial charge in [0.2, 0.25) is 0 Å². The van der Waals surface area contributed by atoms with Crippen molar-refractivity contribution < 1.29 is 4.74 Å². The van der Waals surface area contributed by atoms with E-state index in [0.29, 0.717) is 6.54 Å². The van der Waals surface area contributed by atoms with E-state index < -0.39 is 0 Å². The minimum atomic E-state index is 0.575. The molecule has 0 aliphatic rings. The molecule has 0 unspecified atom stereocenters. The topological polar surface area (TPSA) is 35.2 Å². The molecule has 0 saturated heterocycles. The van der Waals surface area contributed by atoms with Gasteiger partial charge in [-0.05, 0) is 17.7 Å². The van der Waals surface area contributed by atoms with Gasteiger partial charge < -0.3 is 10.5 Å². The number of rotatable bonds is 3.